The molecule has 0 saturated carbocycles. The zero-order valence-corrected chi connectivity index (χ0v) is 17.4. The molecule has 0 radical (unpaired) electrons. The molecule has 0 spiro atoms. The van der Waals surface area contributed by atoms with Crippen LogP contribution in [0.15, 0.2) is 78.5 Å². The van der Waals surface area contributed by atoms with E-state index in [0.29, 0.717) is 0 Å². The number of ether oxygens (including phenoxy) is 1. The van der Waals surface area contributed by atoms with Gasteiger partial charge in [0.05, 0.1) is 6.04 Å². The maximum Gasteiger partial charge on any atom is 0.355 e. The van der Waals surface area contributed by atoms with E-state index < -0.39 is 24.4 Å². The van der Waals surface area contributed by atoms with Gasteiger partial charge < -0.3 is 15.4 Å². The molecule has 2 amide bonds. The zero-order chi connectivity index (χ0) is 22.2. The largest absolute Gasteiger partial charge is 0.451 e. The van der Waals surface area contributed by atoms with Crippen molar-refractivity contribution in [2.75, 3.05) is 6.61 Å². The maximum absolute atomic E-state index is 12.4. The number of rotatable bonds is 7. The monoisotopic (exact) mass is 416 g/mol. The molecule has 6 nitrogen and oxygen atoms in total. The van der Waals surface area contributed by atoms with Crippen LogP contribution in [-0.4, -0.2) is 24.4 Å². The third-order valence-corrected chi connectivity index (χ3v) is 4.64. The van der Waals surface area contributed by atoms with Crippen LogP contribution in [-0.2, 0) is 19.1 Å². The lowest BCUT2D eigenvalue weighted by Crippen LogP contribution is -2.33. The molecule has 0 aliphatic carbocycles. The Kier molecular flexibility index (Phi) is 7.17. The van der Waals surface area contributed by atoms with Crippen molar-refractivity contribution in [1.82, 2.24) is 10.6 Å². The molecule has 1 atom stereocenters. The second kappa shape index (κ2) is 10.2. The van der Waals surface area contributed by atoms with Crippen LogP contribution in [0.4, 0.5) is 0 Å². The van der Waals surface area contributed by atoms with E-state index >= 15 is 0 Å². The van der Waals surface area contributed by atoms with Crippen LogP contribution < -0.4 is 10.6 Å². The molecule has 2 N–H and O–H groups in total. The molecule has 3 rings (SSSR count). The van der Waals surface area contributed by atoms with Crippen molar-refractivity contribution >= 4 is 34.6 Å². The van der Waals surface area contributed by atoms with Gasteiger partial charge in [-0.1, -0.05) is 72.8 Å². The van der Waals surface area contributed by atoms with Crippen molar-refractivity contribution in [3.63, 3.8) is 0 Å². The van der Waals surface area contributed by atoms with Gasteiger partial charge in [0.25, 0.3) is 5.91 Å². The highest BCUT2D eigenvalue weighted by Crippen LogP contribution is 2.23. The zero-order valence-electron chi connectivity index (χ0n) is 17.4. The number of fused-ring (bicyclic) bond motifs is 1. The lowest BCUT2D eigenvalue weighted by molar-refractivity contribution is -0.145. The first-order valence-corrected chi connectivity index (χ1v) is 9.92. The van der Waals surface area contributed by atoms with Crippen LogP contribution in [0, 0.1) is 0 Å². The first kappa shape index (κ1) is 21.8. The van der Waals surface area contributed by atoms with Crippen molar-refractivity contribution in [2.45, 2.75) is 19.9 Å². The van der Waals surface area contributed by atoms with Gasteiger partial charge in [-0.15, -0.1) is 0 Å². The molecule has 0 aliphatic rings. The van der Waals surface area contributed by atoms with Crippen LogP contribution in [0.5, 0.6) is 0 Å². The van der Waals surface area contributed by atoms with Gasteiger partial charge in [0.15, 0.2) is 6.61 Å². The molecule has 0 aliphatic heterocycles. The van der Waals surface area contributed by atoms with Gasteiger partial charge >= 0.3 is 5.97 Å². The van der Waals surface area contributed by atoms with E-state index in [-0.39, 0.29) is 11.7 Å². The first-order chi connectivity index (χ1) is 14.9. The Bertz CT molecular complexity index is 1120. The summed E-state index contributed by atoms with van der Waals surface area (Å²) >= 11 is 0. The highest BCUT2D eigenvalue weighted by molar-refractivity contribution is 5.98. The summed E-state index contributed by atoms with van der Waals surface area (Å²) in [6, 6.07) is 22.6. The van der Waals surface area contributed by atoms with E-state index in [4.69, 9.17) is 4.74 Å². The van der Waals surface area contributed by atoms with Gasteiger partial charge in [-0.2, -0.15) is 0 Å². The van der Waals surface area contributed by atoms with Gasteiger partial charge in [0, 0.05) is 6.92 Å². The second-order valence-corrected chi connectivity index (χ2v) is 7.08. The van der Waals surface area contributed by atoms with Crippen LogP contribution in [0.1, 0.15) is 31.0 Å². The second-order valence-electron chi connectivity index (χ2n) is 7.08. The van der Waals surface area contributed by atoms with Gasteiger partial charge in [-0.25, -0.2) is 4.79 Å². The van der Waals surface area contributed by atoms with E-state index in [1.807, 2.05) is 67.6 Å². The van der Waals surface area contributed by atoms with E-state index in [2.05, 4.69) is 10.6 Å². The van der Waals surface area contributed by atoms with Gasteiger partial charge in [-0.3, -0.25) is 9.59 Å². The summed E-state index contributed by atoms with van der Waals surface area (Å²) in [4.78, 5) is 36.3. The summed E-state index contributed by atoms with van der Waals surface area (Å²) in [5.41, 5.74) is 1.66. The predicted molar refractivity (Wildman–Crippen MR) is 120 cm³/mol. The molecule has 3 aromatic carbocycles. The number of esters is 1. The van der Waals surface area contributed by atoms with E-state index in [0.717, 1.165) is 21.9 Å². The summed E-state index contributed by atoms with van der Waals surface area (Å²) < 4.78 is 5.13. The van der Waals surface area contributed by atoms with E-state index in [9.17, 15) is 14.4 Å². The highest BCUT2D eigenvalue weighted by Gasteiger charge is 2.17. The first-order valence-electron chi connectivity index (χ1n) is 9.92. The van der Waals surface area contributed by atoms with Crippen LogP contribution >= 0.6 is 0 Å². The molecule has 6 heteroatoms. The van der Waals surface area contributed by atoms with Crippen molar-refractivity contribution in [1.29, 1.82) is 0 Å². The standard InChI is InChI=1S/C25H24N2O4/c1-17(21-14-8-12-20-11-6-7-13-22(20)21)26-24(29)16-31-25(30)23(27-18(2)28)15-19-9-4-3-5-10-19/h3-15,17H,16H2,1-2H3,(H,26,29)(H,27,28)/b23-15-. The SMILES string of the molecule is CC(=O)N/C(=C\c1ccccc1)C(=O)OCC(=O)NC(C)c1cccc2ccccc12. The van der Waals surface area contributed by atoms with Crippen molar-refractivity contribution in [3.05, 3.63) is 89.6 Å². The Labute approximate surface area is 180 Å². The van der Waals surface area contributed by atoms with Crippen molar-refractivity contribution < 1.29 is 19.1 Å². The summed E-state index contributed by atoms with van der Waals surface area (Å²) in [6.07, 6.45) is 1.50. The minimum absolute atomic E-state index is 0.0337. The number of amides is 2. The predicted octanol–water partition coefficient (Wildman–Crippen LogP) is 3.74. The van der Waals surface area contributed by atoms with Gasteiger partial charge in [0.2, 0.25) is 5.91 Å². The average Bonchev–Trinajstić information content (AvgIpc) is 2.77. The number of nitrogens with one attached hydrogen (secondary N) is 2. The molecule has 3 aromatic rings. The number of carbonyl (C=O) groups is 3. The molecule has 31 heavy (non-hydrogen) atoms. The topological polar surface area (TPSA) is 84.5 Å². The minimum Gasteiger partial charge on any atom is -0.451 e. The Morgan fingerprint density at radius 3 is 2.35 bits per heavy atom. The van der Waals surface area contributed by atoms with Crippen LogP contribution in [0.25, 0.3) is 16.8 Å². The van der Waals surface area contributed by atoms with Crippen molar-refractivity contribution in [2.24, 2.45) is 0 Å². The quantitative estimate of drug-likeness (QED) is 0.454. The number of benzene rings is 3. The Hall–Kier alpha value is -3.93. The molecule has 0 heterocycles. The molecule has 158 valence electrons. The lowest BCUT2D eigenvalue weighted by atomic mass is 10.00. The van der Waals surface area contributed by atoms with Crippen LogP contribution in [0.3, 0.4) is 0 Å². The minimum atomic E-state index is -0.785. The summed E-state index contributed by atoms with van der Waals surface area (Å²) in [5, 5.41) is 7.44. The molecule has 0 saturated heterocycles. The van der Waals surface area contributed by atoms with Crippen LogP contribution in [0.2, 0.25) is 0 Å². The fraction of sp³-hybridized carbons (Fsp3) is 0.160. The van der Waals surface area contributed by atoms with Crippen molar-refractivity contribution in [3.8, 4) is 0 Å². The normalized spacial score (nSPS) is 12.1. The Morgan fingerprint density at radius 2 is 1.61 bits per heavy atom. The summed E-state index contributed by atoms with van der Waals surface area (Å²) in [6.45, 7) is 2.71. The molecule has 0 fully saturated rings. The Balaban J connectivity index is 1.64. The van der Waals surface area contributed by atoms with Gasteiger partial charge in [-0.05, 0) is 34.9 Å². The number of hydrogen-bond acceptors (Lipinski definition) is 4. The summed E-state index contributed by atoms with van der Waals surface area (Å²) in [7, 11) is 0. The summed E-state index contributed by atoms with van der Waals surface area (Å²) in [5.74, 6) is -1.63. The molecule has 0 bridgehead atoms. The smallest absolute Gasteiger partial charge is 0.355 e. The fourth-order valence-corrected chi connectivity index (χ4v) is 3.25. The number of carbonyl (C=O) groups excluding carboxylic acids is 3. The third kappa shape index (κ3) is 6.02. The number of hydrogen-bond donors (Lipinski definition) is 2. The molecule has 0 aromatic heterocycles. The average molecular weight is 416 g/mol. The molecular formula is C25H24N2O4. The highest BCUT2D eigenvalue weighted by atomic mass is 16.5. The fourth-order valence-electron chi connectivity index (χ4n) is 3.25. The molecular weight excluding hydrogens is 392 g/mol. The Morgan fingerprint density at radius 1 is 0.935 bits per heavy atom. The maximum atomic E-state index is 12.4. The van der Waals surface area contributed by atoms with E-state index in [1.165, 1.54) is 13.0 Å². The molecule has 1 unspecified atom stereocenters. The van der Waals surface area contributed by atoms with E-state index in [1.54, 1.807) is 12.1 Å². The third-order valence-electron chi connectivity index (χ3n) is 4.64. The lowest BCUT2D eigenvalue weighted by Gasteiger charge is -2.17. The van der Waals surface area contributed by atoms with Gasteiger partial charge in [0.1, 0.15) is 5.70 Å².